The lowest BCUT2D eigenvalue weighted by atomic mass is 10.2. The van der Waals surface area contributed by atoms with E-state index in [1.165, 1.54) is 12.1 Å². The van der Waals surface area contributed by atoms with Gasteiger partial charge in [0, 0.05) is 32.7 Å². The van der Waals surface area contributed by atoms with Crippen LogP contribution in [0.5, 0.6) is 0 Å². The Morgan fingerprint density at radius 3 is 2.14 bits per heavy atom. The fourth-order valence-electron chi connectivity index (χ4n) is 2.38. The van der Waals surface area contributed by atoms with Crippen LogP contribution in [0.15, 0.2) is 29.2 Å². The Morgan fingerprint density at radius 2 is 1.64 bits per heavy atom. The molecule has 0 unspecified atom stereocenters. The predicted molar refractivity (Wildman–Crippen MR) is 80.2 cm³/mol. The smallest absolute Gasteiger partial charge is 0.297 e. The molecule has 0 bridgehead atoms. The Morgan fingerprint density at radius 1 is 1.09 bits per heavy atom. The first kappa shape index (κ1) is 16.9. The number of sulfone groups is 1. The van der Waals surface area contributed by atoms with Crippen LogP contribution >= 0.6 is 0 Å². The van der Waals surface area contributed by atoms with Gasteiger partial charge in [0.1, 0.15) is 0 Å². The number of terminal acetylenes is 1. The number of piperazine rings is 1. The normalized spacial score (nSPS) is 17.5. The van der Waals surface area contributed by atoms with Crippen LogP contribution in [0, 0.1) is 12.3 Å². The van der Waals surface area contributed by atoms with Gasteiger partial charge < -0.3 is 0 Å². The van der Waals surface area contributed by atoms with E-state index in [0.717, 1.165) is 31.7 Å². The van der Waals surface area contributed by atoms with E-state index in [-0.39, 0.29) is 4.90 Å². The van der Waals surface area contributed by atoms with E-state index in [9.17, 15) is 17.2 Å². The first-order valence-electron chi connectivity index (χ1n) is 6.92. The number of rotatable bonds is 5. The van der Waals surface area contributed by atoms with E-state index >= 15 is 0 Å². The number of alkyl halides is 2. The molecule has 22 heavy (non-hydrogen) atoms. The van der Waals surface area contributed by atoms with E-state index in [2.05, 4.69) is 15.7 Å². The van der Waals surface area contributed by atoms with Crippen molar-refractivity contribution in [1.29, 1.82) is 0 Å². The summed E-state index contributed by atoms with van der Waals surface area (Å²) >= 11 is 0. The summed E-state index contributed by atoms with van der Waals surface area (Å²) in [7, 11) is -4.51. The number of benzene rings is 1. The molecular formula is C15H18F2N2O2S. The highest BCUT2D eigenvalue weighted by molar-refractivity contribution is 7.91. The zero-order valence-electron chi connectivity index (χ0n) is 12.1. The summed E-state index contributed by atoms with van der Waals surface area (Å²) in [5, 5.41) is 0. The van der Waals surface area contributed by atoms with Crippen molar-refractivity contribution in [2.45, 2.75) is 17.2 Å². The molecule has 0 saturated carbocycles. The second-order valence-corrected chi connectivity index (χ2v) is 7.12. The summed E-state index contributed by atoms with van der Waals surface area (Å²) < 4.78 is 47.6. The summed E-state index contributed by atoms with van der Waals surface area (Å²) in [5.74, 6) is -0.766. The molecule has 1 aromatic carbocycles. The van der Waals surface area contributed by atoms with Gasteiger partial charge in [-0.3, -0.25) is 9.80 Å². The van der Waals surface area contributed by atoms with Crippen molar-refractivity contribution < 1.29 is 17.2 Å². The van der Waals surface area contributed by atoms with Gasteiger partial charge in [0.25, 0.3) is 0 Å². The fraction of sp³-hybridized carbons (Fsp3) is 0.467. The van der Waals surface area contributed by atoms with Crippen molar-refractivity contribution in [3.8, 4) is 12.3 Å². The molecule has 7 heteroatoms. The van der Waals surface area contributed by atoms with Crippen LogP contribution in [0.25, 0.3) is 0 Å². The number of hydrogen-bond acceptors (Lipinski definition) is 4. The molecule has 0 spiro atoms. The van der Waals surface area contributed by atoms with E-state index in [1.807, 2.05) is 0 Å². The lowest BCUT2D eigenvalue weighted by Gasteiger charge is -2.33. The maximum Gasteiger partial charge on any atom is 0.341 e. The molecule has 4 nitrogen and oxygen atoms in total. The van der Waals surface area contributed by atoms with Gasteiger partial charge in [-0.25, -0.2) is 8.42 Å². The molecule has 0 amide bonds. The minimum Gasteiger partial charge on any atom is -0.297 e. The molecule has 1 aliphatic rings. The largest absolute Gasteiger partial charge is 0.341 e. The van der Waals surface area contributed by atoms with Gasteiger partial charge in [0.15, 0.2) is 0 Å². The van der Waals surface area contributed by atoms with Crippen LogP contribution in [-0.2, 0) is 16.4 Å². The number of halogens is 2. The van der Waals surface area contributed by atoms with Gasteiger partial charge in [-0.2, -0.15) is 8.78 Å². The molecule has 0 atom stereocenters. The van der Waals surface area contributed by atoms with Gasteiger partial charge in [-0.15, -0.1) is 6.42 Å². The third-order valence-electron chi connectivity index (χ3n) is 3.67. The lowest BCUT2D eigenvalue weighted by Crippen LogP contribution is -2.45. The minimum absolute atomic E-state index is 0.343. The van der Waals surface area contributed by atoms with Crippen molar-refractivity contribution in [1.82, 2.24) is 9.80 Å². The molecule has 1 saturated heterocycles. The second kappa shape index (κ2) is 7.18. The highest BCUT2D eigenvalue weighted by Crippen LogP contribution is 2.19. The van der Waals surface area contributed by atoms with Crippen molar-refractivity contribution in [2.24, 2.45) is 0 Å². The Hall–Kier alpha value is -1.49. The zero-order chi connectivity index (χ0) is 16.2. The molecule has 120 valence electrons. The summed E-state index contributed by atoms with van der Waals surface area (Å²) in [6.45, 7) is 4.84. The average Bonchev–Trinajstić information content (AvgIpc) is 2.50. The first-order chi connectivity index (χ1) is 10.4. The molecular weight excluding hydrogens is 310 g/mol. The Bertz CT molecular complexity index is 631. The zero-order valence-corrected chi connectivity index (χ0v) is 12.9. The predicted octanol–water partition coefficient (Wildman–Crippen LogP) is 1.43. The number of hydrogen-bond donors (Lipinski definition) is 0. The van der Waals surface area contributed by atoms with Crippen molar-refractivity contribution >= 4 is 9.84 Å². The first-order valence-corrected chi connectivity index (χ1v) is 8.47. The van der Waals surface area contributed by atoms with Crippen LogP contribution in [-0.4, -0.2) is 56.7 Å². The monoisotopic (exact) mass is 328 g/mol. The van der Waals surface area contributed by atoms with Crippen LogP contribution in [0.1, 0.15) is 5.56 Å². The molecule has 1 aliphatic heterocycles. The van der Waals surface area contributed by atoms with Crippen molar-refractivity contribution in [3.05, 3.63) is 29.8 Å². The average molecular weight is 328 g/mol. The van der Waals surface area contributed by atoms with E-state index in [0.29, 0.717) is 13.1 Å². The molecule has 0 aliphatic carbocycles. The van der Waals surface area contributed by atoms with Crippen LogP contribution in [0.2, 0.25) is 0 Å². The van der Waals surface area contributed by atoms with Gasteiger partial charge in [-0.1, -0.05) is 18.1 Å². The molecule has 1 aromatic rings. The lowest BCUT2D eigenvalue weighted by molar-refractivity contribution is 0.138. The van der Waals surface area contributed by atoms with Crippen LogP contribution in [0.4, 0.5) is 8.78 Å². The summed E-state index contributed by atoms with van der Waals surface area (Å²) in [5.41, 5.74) is 0.901. The van der Waals surface area contributed by atoms with Gasteiger partial charge >= 0.3 is 5.76 Å². The Labute approximate surface area is 129 Å². The fourth-order valence-corrected chi connectivity index (χ4v) is 3.10. The van der Waals surface area contributed by atoms with E-state index < -0.39 is 15.6 Å². The van der Waals surface area contributed by atoms with Crippen LogP contribution in [0.3, 0.4) is 0 Å². The Balaban J connectivity index is 1.94. The van der Waals surface area contributed by atoms with E-state index in [4.69, 9.17) is 6.42 Å². The SMILES string of the molecule is C#CCN1CCN(Cc2ccc(S(=O)(=O)C(F)F)cc2)CC1. The second-order valence-electron chi connectivity index (χ2n) is 5.21. The third-order valence-corrected chi connectivity index (χ3v) is 5.07. The quantitative estimate of drug-likeness (QED) is 0.767. The van der Waals surface area contributed by atoms with Crippen LogP contribution < -0.4 is 0 Å². The van der Waals surface area contributed by atoms with Crippen molar-refractivity contribution in [2.75, 3.05) is 32.7 Å². The number of nitrogens with zero attached hydrogens (tertiary/aromatic N) is 2. The highest BCUT2D eigenvalue weighted by Gasteiger charge is 2.26. The topological polar surface area (TPSA) is 40.6 Å². The summed E-state index contributed by atoms with van der Waals surface area (Å²) in [4.78, 5) is 4.07. The standard InChI is InChI=1S/C15H18F2N2O2S/c1-2-7-18-8-10-19(11-9-18)12-13-3-5-14(6-4-13)22(20,21)15(16)17/h1,3-6,15H,7-12H2. The molecule has 0 radical (unpaired) electrons. The Kier molecular flexibility index (Phi) is 5.51. The minimum atomic E-state index is -4.51. The molecule has 2 rings (SSSR count). The highest BCUT2D eigenvalue weighted by atomic mass is 32.2. The van der Waals surface area contributed by atoms with Gasteiger partial charge in [0.05, 0.1) is 11.4 Å². The maximum atomic E-state index is 12.5. The van der Waals surface area contributed by atoms with Gasteiger partial charge in [-0.05, 0) is 17.7 Å². The summed E-state index contributed by atoms with van der Waals surface area (Å²) in [6, 6.07) is 5.66. The van der Waals surface area contributed by atoms with Crippen molar-refractivity contribution in [3.63, 3.8) is 0 Å². The molecule has 0 N–H and O–H groups in total. The van der Waals surface area contributed by atoms with E-state index in [1.54, 1.807) is 12.1 Å². The maximum absolute atomic E-state index is 12.5. The summed E-state index contributed by atoms with van der Waals surface area (Å²) in [6.07, 6.45) is 5.28. The third kappa shape index (κ3) is 4.03. The van der Waals surface area contributed by atoms with Gasteiger partial charge in [0.2, 0.25) is 9.84 Å². The molecule has 1 heterocycles. The molecule has 0 aromatic heterocycles. The molecule has 1 fully saturated rings.